The quantitative estimate of drug-likeness (QED) is 0.783. The first-order chi connectivity index (χ1) is 11.0. The first kappa shape index (κ1) is 17.9. The third kappa shape index (κ3) is 4.99. The lowest BCUT2D eigenvalue weighted by Crippen LogP contribution is -2.54. The van der Waals surface area contributed by atoms with Gasteiger partial charge in [-0.15, -0.1) is 11.3 Å². The predicted octanol–water partition coefficient (Wildman–Crippen LogP) is 1.27. The molecule has 1 aliphatic rings. The van der Waals surface area contributed by atoms with Crippen molar-refractivity contribution in [3.8, 4) is 6.07 Å². The van der Waals surface area contributed by atoms with Gasteiger partial charge in [-0.25, -0.2) is 4.98 Å². The highest BCUT2D eigenvalue weighted by molar-refractivity contribution is 7.09. The zero-order chi connectivity index (χ0) is 16.8. The largest absolute Gasteiger partial charge is 0.339 e. The van der Waals surface area contributed by atoms with E-state index in [1.165, 1.54) is 0 Å². The standard InChI is InChI=1S/C16H25N5OS/c1-13(2)14(10-17)20-5-7-21(8-6-20)16(22)12-19(3)11-15-18-4-9-23-15/h4,9,13-14H,5-8,11-12H2,1-3H3. The monoisotopic (exact) mass is 335 g/mol. The lowest BCUT2D eigenvalue weighted by atomic mass is 10.0. The van der Waals surface area contributed by atoms with E-state index in [4.69, 9.17) is 0 Å². The smallest absolute Gasteiger partial charge is 0.236 e. The third-order valence-electron chi connectivity index (χ3n) is 4.12. The van der Waals surface area contributed by atoms with Gasteiger partial charge < -0.3 is 4.90 Å². The zero-order valence-corrected chi connectivity index (χ0v) is 14.9. The van der Waals surface area contributed by atoms with Gasteiger partial charge >= 0.3 is 0 Å². The second kappa shape index (κ2) is 8.39. The van der Waals surface area contributed by atoms with Crippen LogP contribution in [0.5, 0.6) is 0 Å². The van der Waals surface area contributed by atoms with Gasteiger partial charge in [0, 0.05) is 37.8 Å². The summed E-state index contributed by atoms with van der Waals surface area (Å²) in [7, 11) is 1.94. The molecule has 2 rings (SSSR count). The summed E-state index contributed by atoms with van der Waals surface area (Å²) in [6.45, 7) is 8.21. The number of rotatable bonds is 6. The fourth-order valence-electron chi connectivity index (χ4n) is 2.85. The zero-order valence-electron chi connectivity index (χ0n) is 14.1. The van der Waals surface area contributed by atoms with Crippen LogP contribution in [0.15, 0.2) is 11.6 Å². The Balaban J connectivity index is 1.78. The van der Waals surface area contributed by atoms with Gasteiger partial charge in [-0.2, -0.15) is 5.26 Å². The van der Waals surface area contributed by atoms with Crippen molar-refractivity contribution in [1.82, 2.24) is 19.7 Å². The first-order valence-corrected chi connectivity index (χ1v) is 8.87. The van der Waals surface area contributed by atoms with E-state index in [1.807, 2.05) is 22.2 Å². The molecule has 2 heterocycles. The second-order valence-electron chi connectivity index (χ2n) is 6.33. The number of thiazole rings is 1. The van der Waals surface area contributed by atoms with Crippen molar-refractivity contribution < 1.29 is 4.79 Å². The normalized spacial score (nSPS) is 17.5. The lowest BCUT2D eigenvalue weighted by molar-refractivity contribution is -0.134. The summed E-state index contributed by atoms with van der Waals surface area (Å²) in [4.78, 5) is 22.7. The summed E-state index contributed by atoms with van der Waals surface area (Å²) in [6.07, 6.45) is 1.79. The van der Waals surface area contributed by atoms with Gasteiger partial charge in [0.25, 0.3) is 0 Å². The molecule has 23 heavy (non-hydrogen) atoms. The Labute approximate surface area is 142 Å². The highest BCUT2D eigenvalue weighted by atomic mass is 32.1. The van der Waals surface area contributed by atoms with Gasteiger partial charge in [0.2, 0.25) is 5.91 Å². The summed E-state index contributed by atoms with van der Waals surface area (Å²) >= 11 is 1.61. The molecule has 7 heteroatoms. The van der Waals surface area contributed by atoms with E-state index < -0.39 is 0 Å². The van der Waals surface area contributed by atoms with Crippen LogP contribution >= 0.6 is 11.3 Å². The topological polar surface area (TPSA) is 63.5 Å². The highest BCUT2D eigenvalue weighted by Crippen LogP contribution is 2.14. The summed E-state index contributed by atoms with van der Waals surface area (Å²) in [6, 6.07) is 2.32. The molecule has 0 bridgehead atoms. The Morgan fingerprint density at radius 3 is 2.65 bits per heavy atom. The van der Waals surface area contributed by atoms with E-state index in [0.29, 0.717) is 32.1 Å². The third-order valence-corrected chi connectivity index (χ3v) is 4.88. The molecule has 0 aromatic carbocycles. The molecule has 0 N–H and O–H groups in total. The van der Waals surface area contributed by atoms with Crippen molar-refractivity contribution in [1.29, 1.82) is 5.26 Å². The lowest BCUT2D eigenvalue weighted by Gasteiger charge is -2.38. The van der Waals surface area contributed by atoms with Gasteiger partial charge in [0.1, 0.15) is 11.0 Å². The molecule has 1 aromatic rings. The molecule has 1 fully saturated rings. The number of nitriles is 1. The van der Waals surface area contributed by atoms with Crippen LogP contribution in [0.3, 0.4) is 0 Å². The van der Waals surface area contributed by atoms with Crippen molar-refractivity contribution in [3.05, 3.63) is 16.6 Å². The molecular formula is C16H25N5OS. The summed E-state index contributed by atoms with van der Waals surface area (Å²) in [5.74, 6) is 0.466. The van der Waals surface area contributed by atoms with E-state index in [0.717, 1.165) is 18.1 Å². The summed E-state index contributed by atoms with van der Waals surface area (Å²) < 4.78 is 0. The SMILES string of the molecule is CC(C)C(C#N)N1CCN(C(=O)CN(C)Cc2nccs2)CC1. The molecule has 0 radical (unpaired) electrons. The van der Waals surface area contributed by atoms with Crippen molar-refractivity contribution in [2.24, 2.45) is 5.92 Å². The molecule has 6 nitrogen and oxygen atoms in total. The van der Waals surface area contributed by atoms with Crippen LogP contribution in [0.25, 0.3) is 0 Å². The number of amides is 1. The minimum absolute atomic E-state index is 0.0557. The maximum Gasteiger partial charge on any atom is 0.236 e. The molecule has 1 saturated heterocycles. The van der Waals surface area contributed by atoms with Gasteiger partial charge in [-0.3, -0.25) is 14.6 Å². The molecule has 1 amide bonds. The maximum atomic E-state index is 12.4. The van der Waals surface area contributed by atoms with Gasteiger partial charge in [-0.05, 0) is 13.0 Å². The van der Waals surface area contributed by atoms with Crippen molar-refractivity contribution in [2.75, 3.05) is 39.8 Å². The van der Waals surface area contributed by atoms with E-state index in [2.05, 4.69) is 29.8 Å². The van der Waals surface area contributed by atoms with Crippen molar-refractivity contribution in [2.45, 2.75) is 26.4 Å². The number of carbonyl (C=O) groups excluding carboxylic acids is 1. The Kier molecular flexibility index (Phi) is 6.51. The molecule has 1 aliphatic heterocycles. The average molecular weight is 335 g/mol. The van der Waals surface area contributed by atoms with Crippen LogP contribution in [0.4, 0.5) is 0 Å². The van der Waals surface area contributed by atoms with Gasteiger partial charge in [-0.1, -0.05) is 13.8 Å². The number of hydrogen-bond acceptors (Lipinski definition) is 6. The van der Waals surface area contributed by atoms with Crippen LogP contribution in [0.2, 0.25) is 0 Å². The summed E-state index contributed by atoms with van der Waals surface area (Å²) in [5, 5.41) is 12.3. The molecule has 0 aliphatic carbocycles. The minimum atomic E-state index is -0.0557. The molecule has 0 spiro atoms. The number of hydrogen-bond donors (Lipinski definition) is 0. The Morgan fingerprint density at radius 1 is 1.43 bits per heavy atom. The molecule has 126 valence electrons. The number of carbonyl (C=O) groups is 1. The van der Waals surface area contributed by atoms with E-state index in [-0.39, 0.29) is 11.9 Å². The van der Waals surface area contributed by atoms with Crippen molar-refractivity contribution in [3.63, 3.8) is 0 Å². The fraction of sp³-hybridized carbons (Fsp3) is 0.688. The molecule has 0 saturated carbocycles. The van der Waals surface area contributed by atoms with Gasteiger partial charge in [0.05, 0.1) is 19.2 Å². The van der Waals surface area contributed by atoms with Crippen LogP contribution in [-0.2, 0) is 11.3 Å². The molecule has 1 aromatic heterocycles. The number of aromatic nitrogens is 1. The maximum absolute atomic E-state index is 12.4. The van der Waals surface area contributed by atoms with Crippen LogP contribution in [0.1, 0.15) is 18.9 Å². The van der Waals surface area contributed by atoms with E-state index >= 15 is 0 Å². The fourth-order valence-corrected chi connectivity index (χ4v) is 3.55. The minimum Gasteiger partial charge on any atom is -0.339 e. The Morgan fingerprint density at radius 2 is 2.13 bits per heavy atom. The number of nitrogens with zero attached hydrogens (tertiary/aromatic N) is 5. The molecule has 1 atom stereocenters. The first-order valence-electron chi connectivity index (χ1n) is 7.99. The van der Waals surface area contributed by atoms with Gasteiger partial charge in [0.15, 0.2) is 0 Å². The predicted molar refractivity (Wildman–Crippen MR) is 90.8 cm³/mol. The number of likely N-dealkylation sites (N-methyl/N-ethyl adjacent to an activating group) is 1. The average Bonchev–Trinajstić information content (AvgIpc) is 3.01. The second-order valence-corrected chi connectivity index (χ2v) is 7.31. The summed E-state index contributed by atoms with van der Waals surface area (Å²) in [5.41, 5.74) is 0. The Hall–Kier alpha value is -1.49. The highest BCUT2D eigenvalue weighted by Gasteiger charge is 2.27. The van der Waals surface area contributed by atoms with Crippen LogP contribution in [0, 0.1) is 17.2 Å². The van der Waals surface area contributed by atoms with E-state index in [9.17, 15) is 10.1 Å². The van der Waals surface area contributed by atoms with Crippen LogP contribution in [-0.4, -0.2) is 71.4 Å². The van der Waals surface area contributed by atoms with E-state index in [1.54, 1.807) is 17.5 Å². The van der Waals surface area contributed by atoms with Crippen molar-refractivity contribution >= 4 is 17.2 Å². The molecular weight excluding hydrogens is 310 g/mol. The molecule has 1 unspecified atom stereocenters. The van der Waals surface area contributed by atoms with Crippen LogP contribution < -0.4 is 0 Å². The number of piperazine rings is 1. The Bertz CT molecular complexity index is 531.